The normalized spacial score (nSPS) is 14.6. The Balaban J connectivity index is 1.68. The summed E-state index contributed by atoms with van der Waals surface area (Å²) in [6.45, 7) is 2.13. The lowest BCUT2D eigenvalue weighted by Crippen LogP contribution is -2.32. The van der Waals surface area contributed by atoms with Crippen LogP contribution in [0.25, 0.3) is 0 Å². The molecule has 150 valence electrons. The molecule has 2 aromatic heterocycles. The number of aromatic nitrogens is 2. The third-order valence-corrected chi connectivity index (χ3v) is 6.85. The highest BCUT2D eigenvalue weighted by Gasteiger charge is 2.26. The van der Waals surface area contributed by atoms with Gasteiger partial charge in [-0.15, -0.1) is 0 Å². The number of hydrogen-bond acceptors (Lipinski definition) is 5. The van der Waals surface area contributed by atoms with Gasteiger partial charge >= 0.3 is 0 Å². The van der Waals surface area contributed by atoms with Gasteiger partial charge in [-0.3, -0.25) is 9.29 Å². The summed E-state index contributed by atoms with van der Waals surface area (Å²) in [7, 11) is -3.75. The molecule has 0 N–H and O–H groups in total. The minimum Gasteiger partial charge on any atom is -0.357 e. The van der Waals surface area contributed by atoms with Gasteiger partial charge in [0.2, 0.25) is 0 Å². The first kappa shape index (κ1) is 19.4. The second-order valence-electron chi connectivity index (χ2n) is 7.07. The molecule has 0 saturated carbocycles. The monoisotopic (exact) mass is 408 g/mol. The van der Waals surface area contributed by atoms with Gasteiger partial charge in [-0.2, -0.15) is 0 Å². The zero-order valence-electron chi connectivity index (χ0n) is 16.2. The molecule has 1 aliphatic rings. The van der Waals surface area contributed by atoms with Gasteiger partial charge in [0, 0.05) is 19.3 Å². The third-order valence-electron chi connectivity index (χ3n) is 5.06. The molecule has 0 aliphatic carbocycles. The van der Waals surface area contributed by atoms with Crippen molar-refractivity contribution >= 4 is 21.5 Å². The second kappa shape index (κ2) is 8.61. The molecule has 1 aliphatic heterocycles. The number of piperidine rings is 1. The van der Waals surface area contributed by atoms with Gasteiger partial charge in [-0.25, -0.2) is 13.4 Å². The van der Waals surface area contributed by atoms with Gasteiger partial charge in [-0.05, 0) is 55.7 Å². The zero-order valence-corrected chi connectivity index (χ0v) is 17.0. The van der Waals surface area contributed by atoms with Crippen LogP contribution in [0.1, 0.15) is 25.0 Å². The zero-order chi connectivity index (χ0) is 20.1. The molecule has 0 spiro atoms. The van der Waals surface area contributed by atoms with E-state index in [0.717, 1.165) is 31.7 Å². The molecule has 0 atom stereocenters. The van der Waals surface area contributed by atoms with Gasteiger partial charge in [-0.1, -0.05) is 24.3 Å². The van der Waals surface area contributed by atoms with Crippen molar-refractivity contribution < 1.29 is 8.42 Å². The number of nitrogens with zero attached hydrogens (tertiary/aromatic N) is 4. The Bertz CT molecular complexity index is 1020. The summed E-state index contributed by atoms with van der Waals surface area (Å²) in [6.07, 6.45) is 6.89. The number of anilines is 2. The predicted molar refractivity (Wildman–Crippen MR) is 114 cm³/mol. The smallest absolute Gasteiger partial charge is 0.264 e. The van der Waals surface area contributed by atoms with Crippen molar-refractivity contribution in [3.05, 3.63) is 78.8 Å². The second-order valence-corrected chi connectivity index (χ2v) is 8.93. The molecule has 0 radical (unpaired) electrons. The fourth-order valence-corrected chi connectivity index (χ4v) is 4.95. The van der Waals surface area contributed by atoms with E-state index in [1.807, 2.05) is 30.3 Å². The van der Waals surface area contributed by atoms with Crippen molar-refractivity contribution in [2.45, 2.75) is 30.7 Å². The van der Waals surface area contributed by atoms with E-state index in [0.29, 0.717) is 11.4 Å². The number of sulfonamides is 1. The molecule has 3 heterocycles. The predicted octanol–water partition coefficient (Wildman–Crippen LogP) is 3.86. The Morgan fingerprint density at radius 1 is 0.862 bits per heavy atom. The van der Waals surface area contributed by atoms with Crippen LogP contribution in [-0.2, 0) is 16.6 Å². The molecule has 29 heavy (non-hydrogen) atoms. The first-order chi connectivity index (χ1) is 14.1. The van der Waals surface area contributed by atoms with Crippen molar-refractivity contribution in [3.63, 3.8) is 0 Å². The number of benzene rings is 1. The van der Waals surface area contributed by atoms with E-state index in [-0.39, 0.29) is 11.4 Å². The first-order valence-electron chi connectivity index (χ1n) is 9.83. The molecule has 4 rings (SSSR count). The van der Waals surface area contributed by atoms with Crippen LogP contribution >= 0.6 is 0 Å². The van der Waals surface area contributed by atoms with E-state index in [1.54, 1.807) is 42.7 Å². The van der Waals surface area contributed by atoms with Crippen molar-refractivity contribution in [1.82, 2.24) is 9.97 Å². The highest BCUT2D eigenvalue weighted by molar-refractivity contribution is 7.92. The number of pyridine rings is 2. The van der Waals surface area contributed by atoms with Crippen molar-refractivity contribution in [3.8, 4) is 0 Å². The lowest BCUT2D eigenvalue weighted by atomic mass is 10.1. The van der Waals surface area contributed by atoms with Gasteiger partial charge in [0.15, 0.2) is 0 Å². The summed E-state index contributed by atoms with van der Waals surface area (Å²) in [5.41, 5.74) is 1.20. The Morgan fingerprint density at radius 3 is 2.28 bits per heavy atom. The van der Waals surface area contributed by atoms with Crippen LogP contribution in [0.5, 0.6) is 0 Å². The Morgan fingerprint density at radius 2 is 1.62 bits per heavy atom. The molecule has 6 nitrogen and oxygen atoms in total. The highest BCUT2D eigenvalue weighted by atomic mass is 32.2. The van der Waals surface area contributed by atoms with Gasteiger partial charge in [0.1, 0.15) is 5.82 Å². The third kappa shape index (κ3) is 4.40. The van der Waals surface area contributed by atoms with E-state index in [4.69, 9.17) is 0 Å². The van der Waals surface area contributed by atoms with E-state index in [1.165, 1.54) is 10.7 Å². The van der Waals surface area contributed by atoms with Crippen LogP contribution in [0.15, 0.2) is 78.0 Å². The summed E-state index contributed by atoms with van der Waals surface area (Å²) in [5, 5.41) is 0. The molecule has 1 saturated heterocycles. The maximum Gasteiger partial charge on any atom is 0.264 e. The maximum atomic E-state index is 13.4. The average molecular weight is 409 g/mol. The van der Waals surface area contributed by atoms with Crippen molar-refractivity contribution in [2.24, 2.45) is 0 Å². The first-order valence-corrected chi connectivity index (χ1v) is 11.3. The van der Waals surface area contributed by atoms with Crippen molar-refractivity contribution in [2.75, 3.05) is 22.3 Å². The van der Waals surface area contributed by atoms with Crippen LogP contribution < -0.4 is 9.21 Å². The quantitative estimate of drug-likeness (QED) is 0.620. The molecule has 0 amide bonds. The van der Waals surface area contributed by atoms with E-state index in [2.05, 4.69) is 14.9 Å². The lowest BCUT2D eigenvalue weighted by Gasteiger charge is -2.28. The van der Waals surface area contributed by atoms with E-state index < -0.39 is 10.0 Å². The average Bonchev–Trinajstić information content (AvgIpc) is 2.79. The molecular formula is C22H24N4O2S. The summed E-state index contributed by atoms with van der Waals surface area (Å²) in [5.74, 6) is 0.892. The maximum absolute atomic E-state index is 13.4. The molecule has 1 fully saturated rings. The summed E-state index contributed by atoms with van der Waals surface area (Å²) in [6, 6.07) is 17.7. The highest BCUT2D eigenvalue weighted by Crippen LogP contribution is 2.27. The Hall–Kier alpha value is -2.93. The van der Waals surface area contributed by atoms with Crippen LogP contribution in [0.2, 0.25) is 0 Å². The van der Waals surface area contributed by atoms with Crippen LogP contribution in [0.4, 0.5) is 11.5 Å². The number of rotatable bonds is 6. The summed E-state index contributed by atoms with van der Waals surface area (Å²) < 4.78 is 28.1. The van der Waals surface area contributed by atoms with Gasteiger partial charge in [0.05, 0.1) is 29.0 Å². The fourth-order valence-electron chi connectivity index (χ4n) is 3.51. The molecular weight excluding hydrogens is 384 g/mol. The number of hydrogen-bond donors (Lipinski definition) is 0. The van der Waals surface area contributed by atoms with E-state index in [9.17, 15) is 8.42 Å². The Labute approximate surface area is 171 Å². The molecule has 7 heteroatoms. The van der Waals surface area contributed by atoms with Crippen molar-refractivity contribution in [1.29, 1.82) is 0 Å². The van der Waals surface area contributed by atoms with Gasteiger partial charge in [0.25, 0.3) is 10.0 Å². The largest absolute Gasteiger partial charge is 0.357 e. The fraction of sp³-hybridized carbons (Fsp3) is 0.273. The minimum absolute atomic E-state index is 0.142. The minimum atomic E-state index is -3.75. The standard InChI is InChI=1S/C22H24N4O2S/c27-29(28,21-10-3-1-4-11-21)26(18-19-9-5-6-14-23-19)20-12-13-22(24-17-20)25-15-7-2-8-16-25/h1,3-6,9-14,17H,2,7-8,15-16,18H2. The topological polar surface area (TPSA) is 66.4 Å². The van der Waals surface area contributed by atoms with Crippen LogP contribution in [-0.4, -0.2) is 31.5 Å². The molecule has 3 aromatic rings. The molecule has 1 aromatic carbocycles. The molecule has 0 bridgehead atoms. The Kier molecular flexibility index (Phi) is 5.76. The summed E-state index contributed by atoms with van der Waals surface area (Å²) in [4.78, 5) is 11.4. The summed E-state index contributed by atoms with van der Waals surface area (Å²) >= 11 is 0. The SMILES string of the molecule is O=S(=O)(c1ccccc1)N(Cc1ccccn1)c1ccc(N2CCCCC2)nc1. The van der Waals surface area contributed by atoms with Gasteiger partial charge < -0.3 is 4.90 Å². The van der Waals surface area contributed by atoms with E-state index >= 15 is 0 Å². The lowest BCUT2D eigenvalue weighted by molar-refractivity contribution is 0.573. The van der Waals surface area contributed by atoms with Crippen LogP contribution in [0, 0.1) is 0 Å². The van der Waals surface area contributed by atoms with Crippen LogP contribution in [0.3, 0.4) is 0 Å². The molecule has 0 unspecified atom stereocenters.